The second-order valence-electron chi connectivity index (χ2n) is 2.44. The first kappa shape index (κ1) is 12.3. The average Bonchev–Trinajstić information content (AvgIpc) is 2.15. The number of hydrogen-bond donors (Lipinski definition) is 0. The van der Waals surface area contributed by atoms with Gasteiger partial charge in [-0.05, 0) is 40.3 Å². The third kappa shape index (κ3) is 2.60. The van der Waals surface area contributed by atoms with Gasteiger partial charge in [-0.3, -0.25) is 4.79 Å². The largest absolute Gasteiger partial charge is 0.281 e. The van der Waals surface area contributed by atoms with Crippen LogP contribution in [0, 0.1) is 14.9 Å². The van der Waals surface area contributed by atoms with Gasteiger partial charge < -0.3 is 0 Å². The van der Waals surface area contributed by atoms with Gasteiger partial charge in [0.2, 0.25) is 0 Å². The van der Waals surface area contributed by atoms with E-state index in [1.54, 1.807) is 28.7 Å². The van der Waals surface area contributed by atoms with Crippen LogP contribution in [0.4, 0.5) is 8.78 Å². The number of nitrogens with zero attached hydrogens (tertiary/aromatic N) is 2. The Labute approximate surface area is 102 Å². The lowest BCUT2D eigenvalue weighted by Gasteiger charge is -2.06. The highest BCUT2D eigenvalue weighted by atomic mass is 127. The van der Waals surface area contributed by atoms with Crippen molar-refractivity contribution in [2.24, 2.45) is 0 Å². The number of carbonyl (C=O) groups excluding carboxylic acids is 1. The molecule has 0 atom stereocenters. The second kappa shape index (κ2) is 4.81. The molecule has 0 bridgehead atoms. The summed E-state index contributed by atoms with van der Waals surface area (Å²) < 4.78 is 25.2. The van der Waals surface area contributed by atoms with Crippen LogP contribution >= 0.6 is 34.2 Å². The summed E-state index contributed by atoms with van der Waals surface area (Å²) in [5.41, 5.74) is -1.26. The van der Waals surface area contributed by atoms with Crippen molar-refractivity contribution in [3.63, 3.8) is 0 Å². The molecule has 1 aromatic heterocycles. The summed E-state index contributed by atoms with van der Waals surface area (Å²) in [5.74, 6) is 0. The summed E-state index contributed by atoms with van der Waals surface area (Å²) in [7, 11) is 0. The summed E-state index contributed by atoms with van der Waals surface area (Å²) in [6.45, 7) is 0. The van der Waals surface area contributed by atoms with Crippen molar-refractivity contribution >= 4 is 39.4 Å². The molecule has 0 aromatic carbocycles. The summed E-state index contributed by atoms with van der Waals surface area (Å²) in [6.07, 6.45) is -2.94. The molecule has 15 heavy (non-hydrogen) atoms. The fraction of sp³-hybridized carbons (Fsp3) is 0.125. The third-order valence-corrected chi connectivity index (χ3v) is 2.56. The monoisotopic (exact) mass is 342 g/mol. The highest BCUT2D eigenvalue weighted by Gasteiger charge is 2.22. The predicted molar refractivity (Wildman–Crippen MR) is 56.8 cm³/mol. The maximum atomic E-state index is 12.5. The smallest absolute Gasteiger partial charge is 0.275 e. The van der Waals surface area contributed by atoms with Crippen molar-refractivity contribution in [3.05, 3.63) is 26.6 Å². The molecule has 1 aromatic rings. The van der Waals surface area contributed by atoms with Crippen molar-refractivity contribution in [2.75, 3.05) is 0 Å². The Hall–Kier alpha value is -0.810. The zero-order valence-electron chi connectivity index (χ0n) is 6.97. The van der Waals surface area contributed by atoms with E-state index >= 15 is 0 Å². The highest BCUT2D eigenvalue weighted by molar-refractivity contribution is 14.1. The molecule has 0 aliphatic rings. The van der Waals surface area contributed by atoms with Crippen LogP contribution in [-0.2, 0) is 0 Å². The Morgan fingerprint density at radius 2 is 2.27 bits per heavy atom. The molecule has 0 saturated carbocycles. The van der Waals surface area contributed by atoms with E-state index in [0.717, 1.165) is 0 Å². The molecule has 0 unspecified atom stereocenters. The third-order valence-electron chi connectivity index (χ3n) is 1.52. The van der Waals surface area contributed by atoms with Gasteiger partial charge in [0, 0.05) is 3.57 Å². The molecule has 0 saturated heterocycles. The van der Waals surface area contributed by atoms with Crippen LogP contribution in [0.3, 0.4) is 0 Å². The lowest BCUT2D eigenvalue weighted by Crippen LogP contribution is -2.06. The van der Waals surface area contributed by atoms with E-state index in [4.69, 9.17) is 16.9 Å². The number of rotatable bonds is 2. The van der Waals surface area contributed by atoms with Crippen molar-refractivity contribution in [2.45, 2.75) is 6.43 Å². The van der Waals surface area contributed by atoms with E-state index in [-0.39, 0.29) is 14.8 Å². The number of alkyl halides is 2. The topological polar surface area (TPSA) is 53.8 Å². The van der Waals surface area contributed by atoms with Crippen molar-refractivity contribution < 1.29 is 13.6 Å². The van der Waals surface area contributed by atoms with Crippen LogP contribution in [0.1, 0.15) is 28.2 Å². The van der Waals surface area contributed by atoms with Crippen LogP contribution in [0.2, 0.25) is 0 Å². The zero-order chi connectivity index (χ0) is 11.6. The molecule has 0 N–H and O–H groups in total. The molecule has 0 fully saturated rings. The number of nitriles is 1. The molecular formula is C8H2ClF2IN2O. The first-order valence-electron chi connectivity index (χ1n) is 3.56. The van der Waals surface area contributed by atoms with Crippen molar-refractivity contribution in [1.82, 2.24) is 4.98 Å². The van der Waals surface area contributed by atoms with E-state index in [0.29, 0.717) is 0 Å². The first-order chi connectivity index (χ1) is 6.97. The number of carbonyl (C=O) groups is 1. The molecule has 0 amide bonds. The van der Waals surface area contributed by atoms with Gasteiger partial charge in [0.05, 0.1) is 5.56 Å². The number of halogens is 4. The molecule has 1 heterocycles. The lowest BCUT2D eigenvalue weighted by atomic mass is 10.2. The predicted octanol–water partition coefficient (Wildman–Crippen LogP) is 2.87. The molecule has 3 nitrogen and oxygen atoms in total. The van der Waals surface area contributed by atoms with Gasteiger partial charge in [0.25, 0.3) is 11.7 Å². The quantitative estimate of drug-likeness (QED) is 0.613. The molecular weight excluding hydrogens is 340 g/mol. The van der Waals surface area contributed by atoms with Gasteiger partial charge in [-0.1, -0.05) is 0 Å². The normalized spacial score (nSPS) is 10.1. The molecule has 0 aliphatic heterocycles. The molecule has 0 aliphatic carbocycles. The minimum absolute atomic E-state index is 0.170. The average molecular weight is 342 g/mol. The minimum Gasteiger partial charge on any atom is -0.275 e. The van der Waals surface area contributed by atoms with Crippen molar-refractivity contribution in [1.29, 1.82) is 5.26 Å². The summed E-state index contributed by atoms with van der Waals surface area (Å²) in [6, 6.07) is 2.85. The molecule has 0 spiro atoms. The van der Waals surface area contributed by atoms with E-state index in [2.05, 4.69) is 4.98 Å². The molecule has 78 valence electrons. The van der Waals surface area contributed by atoms with Gasteiger partial charge in [0.15, 0.2) is 0 Å². The fourth-order valence-corrected chi connectivity index (χ4v) is 2.12. The Morgan fingerprint density at radius 1 is 1.67 bits per heavy atom. The molecule has 0 radical (unpaired) electrons. The van der Waals surface area contributed by atoms with E-state index in [9.17, 15) is 13.6 Å². The first-order valence-corrected chi connectivity index (χ1v) is 5.01. The SMILES string of the molecule is N#Cc1cc(I)c(C(=O)Cl)c(C(F)F)n1. The van der Waals surface area contributed by atoms with E-state index in [1.165, 1.54) is 6.07 Å². The van der Waals surface area contributed by atoms with Gasteiger partial charge >= 0.3 is 0 Å². The lowest BCUT2D eigenvalue weighted by molar-refractivity contribution is 0.106. The standard InChI is InChI=1S/C8H2ClF2IN2O/c9-7(15)5-4(12)1-3(2-13)14-6(5)8(10)11/h1,8H. The molecule has 1 rings (SSSR count). The van der Waals surface area contributed by atoms with Gasteiger partial charge in [-0.2, -0.15) is 5.26 Å². The van der Waals surface area contributed by atoms with Crippen LogP contribution in [-0.4, -0.2) is 10.2 Å². The van der Waals surface area contributed by atoms with Crippen molar-refractivity contribution in [3.8, 4) is 6.07 Å². The van der Waals surface area contributed by atoms with Crippen LogP contribution < -0.4 is 0 Å². The van der Waals surface area contributed by atoms with Gasteiger partial charge in [-0.15, -0.1) is 0 Å². The Morgan fingerprint density at radius 3 is 2.67 bits per heavy atom. The fourth-order valence-electron chi connectivity index (χ4n) is 0.942. The summed E-state index contributed by atoms with van der Waals surface area (Å²) in [4.78, 5) is 14.2. The Kier molecular flexibility index (Phi) is 3.93. The Bertz CT molecular complexity index is 459. The maximum Gasteiger partial charge on any atom is 0.281 e. The van der Waals surface area contributed by atoms with Crippen LogP contribution in [0.25, 0.3) is 0 Å². The summed E-state index contributed by atoms with van der Waals surface area (Å²) in [5, 5.41) is 7.51. The number of pyridine rings is 1. The van der Waals surface area contributed by atoms with E-state index < -0.39 is 17.4 Å². The zero-order valence-corrected chi connectivity index (χ0v) is 9.88. The van der Waals surface area contributed by atoms with E-state index in [1.807, 2.05) is 0 Å². The van der Waals surface area contributed by atoms with Gasteiger partial charge in [0.1, 0.15) is 17.5 Å². The van der Waals surface area contributed by atoms with Crippen LogP contribution in [0.5, 0.6) is 0 Å². The minimum atomic E-state index is -2.94. The summed E-state index contributed by atoms with van der Waals surface area (Å²) >= 11 is 6.81. The second-order valence-corrected chi connectivity index (χ2v) is 3.94. The van der Waals surface area contributed by atoms with Gasteiger partial charge in [-0.25, -0.2) is 13.8 Å². The number of aromatic nitrogens is 1. The number of hydrogen-bond acceptors (Lipinski definition) is 3. The Balaban J connectivity index is 3.51. The van der Waals surface area contributed by atoms with Crippen LogP contribution in [0.15, 0.2) is 6.07 Å². The molecule has 7 heteroatoms. The highest BCUT2D eigenvalue weighted by Crippen LogP contribution is 2.26. The maximum absolute atomic E-state index is 12.5.